The van der Waals surface area contributed by atoms with Crippen LogP contribution in [0, 0.1) is 0 Å². The number of benzene rings is 1. The molecule has 28 heavy (non-hydrogen) atoms. The number of morpholine rings is 1. The monoisotopic (exact) mass is 423 g/mol. The van der Waals surface area contributed by atoms with Crippen LogP contribution >= 0.6 is 23.6 Å². The van der Waals surface area contributed by atoms with Gasteiger partial charge in [-0.05, 0) is 31.3 Å². The van der Waals surface area contributed by atoms with Crippen molar-refractivity contribution >= 4 is 49.9 Å². The van der Waals surface area contributed by atoms with Crippen LogP contribution in [0.5, 0.6) is 0 Å². The number of anilines is 1. The maximum absolute atomic E-state index is 12.2. The summed E-state index contributed by atoms with van der Waals surface area (Å²) in [6.45, 7) is 7.47. The zero-order valence-electron chi connectivity index (χ0n) is 15.9. The largest absolute Gasteiger partial charge is 0.370 e. The molecule has 0 saturated carbocycles. The normalized spacial score (nSPS) is 15.8. The number of thiocarbonyl (C=S) groups is 1. The smallest absolute Gasteiger partial charge is 0.260 e. The van der Waals surface area contributed by atoms with E-state index in [1.807, 2.05) is 24.3 Å². The first-order valence-corrected chi connectivity index (χ1v) is 10.7. The molecule has 0 unspecified atom stereocenters. The van der Waals surface area contributed by atoms with Crippen molar-refractivity contribution in [2.24, 2.45) is 0 Å². The Morgan fingerprint density at radius 1 is 1.32 bits per heavy atom. The highest BCUT2D eigenvalue weighted by Crippen LogP contribution is 2.25. The van der Waals surface area contributed by atoms with E-state index in [1.54, 1.807) is 11.8 Å². The number of aromatic nitrogens is 1. The van der Waals surface area contributed by atoms with Crippen molar-refractivity contribution < 1.29 is 14.4 Å². The molecule has 0 radical (unpaired) electrons. The van der Waals surface area contributed by atoms with Crippen LogP contribution in [0.15, 0.2) is 24.3 Å². The summed E-state index contributed by atoms with van der Waals surface area (Å²) in [6.07, 6.45) is 1.01. The van der Waals surface area contributed by atoms with E-state index in [4.69, 9.17) is 17.0 Å². The minimum Gasteiger partial charge on any atom is -0.370 e. The van der Waals surface area contributed by atoms with Crippen molar-refractivity contribution in [2.45, 2.75) is 19.4 Å². The van der Waals surface area contributed by atoms with Gasteiger partial charge in [0.15, 0.2) is 10.2 Å². The highest BCUT2D eigenvalue weighted by Gasteiger charge is 2.15. The van der Waals surface area contributed by atoms with Gasteiger partial charge in [0.2, 0.25) is 0 Å². The molecule has 10 heteroatoms. The topological polar surface area (TPSA) is 91.8 Å². The third-order valence-electron chi connectivity index (χ3n) is 4.52. The Bertz CT molecular complexity index is 760. The predicted molar refractivity (Wildman–Crippen MR) is 116 cm³/mol. The summed E-state index contributed by atoms with van der Waals surface area (Å²) in [5.74, 6) is -0.207. The van der Waals surface area contributed by atoms with Crippen molar-refractivity contribution in [3.8, 4) is 0 Å². The standard InChI is InChI=1S/C18H26N6O2S2/c1-13(20-18-21-14-5-2-3-6-15(14)28-18)16(25)22-23-17(27)19-7-4-8-24-9-11-26-12-10-24/h2-3,5-6,13H,4,7-12H2,1H3,(H,20,21)(H,22,25)(H2,19,23,27)/p+1/t13-/m0/s1. The van der Waals surface area contributed by atoms with Gasteiger partial charge >= 0.3 is 0 Å². The van der Waals surface area contributed by atoms with Gasteiger partial charge in [0.1, 0.15) is 19.1 Å². The number of rotatable bonds is 7. The van der Waals surface area contributed by atoms with E-state index < -0.39 is 6.04 Å². The second kappa shape index (κ2) is 10.5. The number of hydrogen-bond acceptors (Lipinski definition) is 6. The molecule has 8 nitrogen and oxygen atoms in total. The minimum atomic E-state index is -0.444. The number of hydrazine groups is 1. The van der Waals surface area contributed by atoms with E-state index in [2.05, 4.69) is 26.5 Å². The lowest BCUT2D eigenvalue weighted by atomic mass is 10.3. The molecule has 1 aliphatic heterocycles. The van der Waals surface area contributed by atoms with Crippen molar-refractivity contribution in [3.63, 3.8) is 0 Å². The van der Waals surface area contributed by atoms with Crippen molar-refractivity contribution in [1.82, 2.24) is 21.2 Å². The molecule has 152 valence electrons. The van der Waals surface area contributed by atoms with Gasteiger partial charge in [-0.25, -0.2) is 4.98 Å². The fraction of sp³-hybridized carbons (Fsp3) is 0.500. The number of ether oxygens (including phenoxy) is 1. The fourth-order valence-electron chi connectivity index (χ4n) is 2.91. The van der Waals surface area contributed by atoms with Crippen molar-refractivity contribution in [1.29, 1.82) is 0 Å². The summed E-state index contributed by atoms with van der Waals surface area (Å²) in [4.78, 5) is 18.3. The molecule has 1 aliphatic rings. The van der Waals surface area contributed by atoms with E-state index in [1.165, 1.54) is 11.3 Å². The molecular weight excluding hydrogens is 396 g/mol. The molecule has 2 heterocycles. The van der Waals surface area contributed by atoms with Gasteiger partial charge in [-0.15, -0.1) is 0 Å². The van der Waals surface area contributed by atoms with Gasteiger partial charge < -0.3 is 20.3 Å². The van der Waals surface area contributed by atoms with Crippen LogP contribution in [0.3, 0.4) is 0 Å². The molecule has 1 aromatic heterocycles. The SMILES string of the molecule is C[C@H](Nc1nc2ccccc2s1)C(=O)NNC(=S)NCCC[NH+]1CCOCC1. The molecule has 0 spiro atoms. The molecular formula is C18H27N6O2S2+. The van der Waals surface area contributed by atoms with Crippen LogP contribution < -0.4 is 26.4 Å². The molecule has 5 N–H and O–H groups in total. The Kier molecular flexibility index (Phi) is 7.78. The van der Waals surface area contributed by atoms with E-state index in [-0.39, 0.29) is 5.91 Å². The summed E-state index contributed by atoms with van der Waals surface area (Å²) in [5.41, 5.74) is 6.30. The molecule has 1 amide bonds. The van der Waals surface area contributed by atoms with Crippen molar-refractivity contribution in [2.75, 3.05) is 44.7 Å². The van der Waals surface area contributed by atoms with E-state index in [0.29, 0.717) is 5.11 Å². The van der Waals surface area contributed by atoms with Gasteiger partial charge in [0.25, 0.3) is 5.91 Å². The second-order valence-electron chi connectivity index (χ2n) is 6.69. The van der Waals surface area contributed by atoms with Gasteiger partial charge in [0.05, 0.1) is 30.0 Å². The maximum atomic E-state index is 12.2. The van der Waals surface area contributed by atoms with Gasteiger partial charge in [0, 0.05) is 13.0 Å². The van der Waals surface area contributed by atoms with Crippen molar-refractivity contribution in [3.05, 3.63) is 24.3 Å². The minimum absolute atomic E-state index is 0.207. The van der Waals surface area contributed by atoms with E-state index in [9.17, 15) is 4.79 Å². The summed E-state index contributed by atoms with van der Waals surface area (Å²) in [7, 11) is 0. The fourth-order valence-corrected chi connectivity index (χ4v) is 4.01. The molecule has 1 fully saturated rings. The Morgan fingerprint density at radius 3 is 2.89 bits per heavy atom. The van der Waals surface area contributed by atoms with Crippen LogP contribution in [-0.2, 0) is 9.53 Å². The number of nitrogens with zero attached hydrogens (tertiary/aromatic N) is 1. The molecule has 1 saturated heterocycles. The summed E-state index contributed by atoms with van der Waals surface area (Å²) in [6, 6.07) is 7.44. The van der Waals surface area contributed by atoms with Gasteiger partial charge in [-0.2, -0.15) is 0 Å². The summed E-state index contributed by atoms with van der Waals surface area (Å²) in [5, 5.41) is 7.37. The third-order valence-corrected chi connectivity index (χ3v) is 5.73. The number of carbonyl (C=O) groups excluding carboxylic acids is 1. The number of hydrogen-bond donors (Lipinski definition) is 5. The number of nitrogens with one attached hydrogen (secondary N) is 5. The zero-order chi connectivity index (χ0) is 19.8. The Hall–Kier alpha value is -2.01. The molecule has 1 atom stereocenters. The molecule has 0 aliphatic carbocycles. The van der Waals surface area contributed by atoms with Crippen LogP contribution in [0.4, 0.5) is 5.13 Å². The number of fused-ring (bicyclic) bond motifs is 1. The Balaban J connectivity index is 1.31. The molecule has 0 bridgehead atoms. The average molecular weight is 424 g/mol. The lowest BCUT2D eigenvalue weighted by Crippen LogP contribution is -3.14. The lowest BCUT2D eigenvalue weighted by Gasteiger charge is -2.23. The molecule has 2 aromatic rings. The van der Waals surface area contributed by atoms with Crippen LogP contribution in [-0.4, -0.2) is 61.4 Å². The third kappa shape index (κ3) is 6.26. The zero-order valence-corrected chi connectivity index (χ0v) is 17.5. The van der Waals surface area contributed by atoms with E-state index >= 15 is 0 Å². The average Bonchev–Trinajstić information content (AvgIpc) is 3.12. The highest BCUT2D eigenvalue weighted by molar-refractivity contribution is 7.80. The number of thiazole rings is 1. The van der Waals surface area contributed by atoms with E-state index in [0.717, 1.165) is 61.2 Å². The summed E-state index contributed by atoms with van der Waals surface area (Å²) < 4.78 is 6.44. The summed E-state index contributed by atoms with van der Waals surface area (Å²) >= 11 is 6.73. The van der Waals surface area contributed by atoms with Crippen LogP contribution in [0.25, 0.3) is 10.2 Å². The van der Waals surface area contributed by atoms with Crippen LogP contribution in [0.2, 0.25) is 0 Å². The Morgan fingerprint density at radius 2 is 2.11 bits per heavy atom. The quantitative estimate of drug-likeness (QED) is 0.241. The van der Waals surface area contributed by atoms with Crippen LogP contribution in [0.1, 0.15) is 13.3 Å². The number of quaternary nitrogens is 1. The first-order chi connectivity index (χ1) is 13.6. The van der Waals surface area contributed by atoms with Gasteiger partial charge in [-0.1, -0.05) is 23.5 Å². The number of carbonyl (C=O) groups is 1. The maximum Gasteiger partial charge on any atom is 0.260 e. The number of para-hydroxylation sites is 1. The molecule has 3 rings (SSSR count). The Labute approximate surface area is 174 Å². The second-order valence-corrected chi connectivity index (χ2v) is 8.13. The predicted octanol–water partition coefficient (Wildman–Crippen LogP) is -0.103. The number of amides is 1. The highest BCUT2D eigenvalue weighted by atomic mass is 32.1. The first-order valence-electron chi connectivity index (χ1n) is 9.49. The lowest BCUT2D eigenvalue weighted by molar-refractivity contribution is -0.908. The van der Waals surface area contributed by atoms with Gasteiger partial charge in [-0.3, -0.25) is 15.6 Å². The molecule has 1 aromatic carbocycles. The first kappa shape index (κ1) is 20.7.